The van der Waals surface area contributed by atoms with Gasteiger partial charge in [0.05, 0.1) is 0 Å². The van der Waals surface area contributed by atoms with Crippen molar-refractivity contribution in [3.05, 3.63) is 42.5 Å². The van der Waals surface area contributed by atoms with Crippen molar-refractivity contribution in [2.75, 3.05) is 0 Å². The van der Waals surface area contributed by atoms with Crippen molar-refractivity contribution in [1.29, 1.82) is 0 Å². The first kappa shape index (κ1) is 8.05. The SMILES string of the molecule is C=CC1(C)C(=O)Oc2ccccc21. The number of para-hydroxylation sites is 1. The summed E-state index contributed by atoms with van der Waals surface area (Å²) in [5, 5.41) is 0. The van der Waals surface area contributed by atoms with Gasteiger partial charge in [-0.05, 0) is 13.0 Å². The Bertz CT molecular complexity index is 381. The highest BCUT2D eigenvalue weighted by Gasteiger charge is 2.42. The number of esters is 1. The minimum Gasteiger partial charge on any atom is -0.425 e. The lowest BCUT2D eigenvalue weighted by Gasteiger charge is -2.13. The average Bonchev–Trinajstić information content (AvgIpc) is 2.41. The first-order valence-corrected chi connectivity index (χ1v) is 4.14. The van der Waals surface area contributed by atoms with Gasteiger partial charge in [-0.3, -0.25) is 4.79 Å². The van der Waals surface area contributed by atoms with E-state index < -0.39 is 5.41 Å². The van der Waals surface area contributed by atoms with E-state index in [9.17, 15) is 4.79 Å². The second-order valence-corrected chi connectivity index (χ2v) is 3.29. The first-order chi connectivity index (χ1) is 6.18. The fourth-order valence-electron chi connectivity index (χ4n) is 1.49. The normalized spacial score (nSPS) is 25.2. The zero-order valence-corrected chi connectivity index (χ0v) is 7.41. The highest BCUT2D eigenvalue weighted by molar-refractivity contribution is 5.92. The van der Waals surface area contributed by atoms with E-state index in [1.54, 1.807) is 12.1 Å². The molecule has 1 unspecified atom stereocenters. The monoisotopic (exact) mass is 174 g/mol. The molecule has 0 aromatic heterocycles. The Morgan fingerprint density at radius 2 is 2.15 bits per heavy atom. The molecule has 0 amide bonds. The fraction of sp³-hybridized carbons (Fsp3) is 0.182. The predicted molar refractivity (Wildman–Crippen MR) is 49.6 cm³/mol. The molecule has 1 aromatic carbocycles. The average molecular weight is 174 g/mol. The van der Waals surface area contributed by atoms with Gasteiger partial charge in [-0.1, -0.05) is 24.3 Å². The zero-order chi connectivity index (χ0) is 9.47. The topological polar surface area (TPSA) is 26.3 Å². The van der Waals surface area contributed by atoms with Gasteiger partial charge in [-0.15, -0.1) is 6.58 Å². The van der Waals surface area contributed by atoms with E-state index in [1.807, 2.05) is 25.1 Å². The maximum atomic E-state index is 11.5. The molecule has 0 fully saturated rings. The minimum atomic E-state index is -0.670. The molecule has 2 nitrogen and oxygen atoms in total. The molecule has 2 rings (SSSR count). The zero-order valence-electron chi connectivity index (χ0n) is 7.41. The first-order valence-electron chi connectivity index (χ1n) is 4.14. The Morgan fingerprint density at radius 1 is 1.46 bits per heavy atom. The van der Waals surface area contributed by atoms with E-state index in [2.05, 4.69) is 6.58 Å². The van der Waals surface area contributed by atoms with Gasteiger partial charge in [0.1, 0.15) is 11.2 Å². The highest BCUT2D eigenvalue weighted by Crippen LogP contribution is 2.39. The van der Waals surface area contributed by atoms with Crippen LogP contribution in [0.1, 0.15) is 12.5 Å². The van der Waals surface area contributed by atoms with Gasteiger partial charge in [-0.25, -0.2) is 0 Å². The third-order valence-corrected chi connectivity index (χ3v) is 2.48. The molecule has 1 atom stereocenters. The molecule has 0 saturated carbocycles. The van der Waals surface area contributed by atoms with E-state index in [0.717, 1.165) is 5.56 Å². The van der Waals surface area contributed by atoms with Crippen LogP contribution in [0.25, 0.3) is 0 Å². The standard InChI is InChI=1S/C11H10O2/c1-3-11(2)8-6-4-5-7-9(8)13-10(11)12/h3-7H,1H2,2H3. The van der Waals surface area contributed by atoms with Crippen molar-refractivity contribution in [3.8, 4) is 5.75 Å². The molecule has 1 aromatic rings. The van der Waals surface area contributed by atoms with Gasteiger partial charge in [0.15, 0.2) is 0 Å². The Morgan fingerprint density at radius 3 is 2.85 bits per heavy atom. The molecule has 1 aliphatic rings. The number of hydrogen-bond donors (Lipinski definition) is 0. The Labute approximate surface area is 76.8 Å². The molecule has 1 aliphatic heterocycles. The van der Waals surface area contributed by atoms with Crippen LogP contribution in [-0.4, -0.2) is 5.97 Å². The molecular formula is C11H10O2. The molecule has 0 aliphatic carbocycles. The predicted octanol–water partition coefficient (Wildman–Crippen LogP) is 2.05. The third kappa shape index (κ3) is 0.917. The molecule has 0 bridgehead atoms. The summed E-state index contributed by atoms with van der Waals surface area (Å²) < 4.78 is 5.10. The quantitative estimate of drug-likeness (QED) is 0.370. The summed E-state index contributed by atoms with van der Waals surface area (Å²) in [6.45, 7) is 5.48. The molecule has 0 spiro atoms. The largest absolute Gasteiger partial charge is 0.425 e. The maximum Gasteiger partial charge on any atom is 0.325 e. The lowest BCUT2D eigenvalue weighted by atomic mass is 9.84. The van der Waals surface area contributed by atoms with Crippen LogP contribution in [0.4, 0.5) is 0 Å². The molecule has 0 saturated heterocycles. The number of fused-ring (bicyclic) bond motifs is 1. The van der Waals surface area contributed by atoms with E-state index >= 15 is 0 Å². The highest BCUT2D eigenvalue weighted by atomic mass is 16.5. The van der Waals surface area contributed by atoms with Crippen LogP contribution in [0.2, 0.25) is 0 Å². The lowest BCUT2D eigenvalue weighted by molar-refractivity contribution is -0.136. The van der Waals surface area contributed by atoms with Crippen LogP contribution >= 0.6 is 0 Å². The molecule has 0 N–H and O–H groups in total. The number of hydrogen-bond acceptors (Lipinski definition) is 2. The van der Waals surface area contributed by atoms with Gasteiger partial charge in [0.25, 0.3) is 0 Å². The molecule has 66 valence electrons. The Hall–Kier alpha value is -1.57. The molecule has 2 heteroatoms. The Balaban J connectivity index is 2.65. The number of carbonyl (C=O) groups excluding carboxylic acids is 1. The second-order valence-electron chi connectivity index (χ2n) is 3.29. The summed E-state index contributed by atoms with van der Waals surface area (Å²) in [6.07, 6.45) is 1.63. The number of ether oxygens (including phenoxy) is 1. The van der Waals surface area contributed by atoms with Crippen molar-refractivity contribution in [1.82, 2.24) is 0 Å². The van der Waals surface area contributed by atoms with Crippen molar-refractivity contribution < 1.29 is 9.53 Å². The van der Waals surface area contributed by atoms with Crippen LogP contribution < -0.4 is 4.74 Å². The summed E-state index contributed by atoms with van der Waals surface area (Å²) in [4.78, 5) is 11.5. The van der Waals surface area contributed by atoms with E-state index in [0.29, 0.717) is 5.75 Å². The molecule has 1 heterocycles. The molecule has 0 radical (unpaired) electrons. The smallest absolute Gasteiger partial charge is 0.325 e. The maximum absolute atomic E-state index is 11.5. The number of rotatable bonds is 1. The Kier molecular flexibility index (Phi) is 1.52. The second kappa shape index (κ2) is 2.46. The van der Waals surface area contributed by atoms with Crippen molar-refractivity contribution >= 4 is 5.97 Å². The van der Waals surface area contributed by atoms with Gasteiger partial charge >= 0.3 is 5.97 Å². The van der Waals surface area contributed by atoms with Crippen molar-refractivity contribution in [3.63, 3.8) is 0 Å². The summed E-state index contributed by atoms with van der Waals surface area (Å²) >= 11 is 0. The van der Waals surface area contributed by atoms with Crippen molar-refractivity contribution in [2.24, 2.45) is 0 Å². The van der Waals surface area contributed by atoms with Crippen molar-refractivity contribution in [2.45, 2.75) is 12.3 Å². The summed E-state index contributed by atoms with van der Waals surface area (Å²) in [5.74, 6) is 0.401. The van der Waals surface area contributed by atoms with Crippen LogP contribution in [0, 0.1) is 0 Å². The van der Waals surface area contributed by atoms with E-state index in [4.69, 9.17) is 4.74 Å². The molecular weight excluding hydrogens is 164 g/mol. The third-order valence-electron chi connectivity index (χ3n) is 2.48. The van der Waals surface area contributed by atoms with Gasteiger partial charge < -0.3 is 4.74 Å². The van der Waals surface area contributed by atoms with Gasteiger partial charge in [-0.2, -0.15) is 0 Å². The van der Waals surface area contributed by atoms with Gasteiger partial charge in [0, 0.05) is 5.56 Å². The lowest BCUT2D eigenvalue weighted by Crippen LogP contribution is -2.27. The van der Waals surface area contributed by atoms with Crippen LogP contribution in [-0.2, 0) is 10.2 Å². The van der Waals surface area contributed by atoms with Crippen LogP contribution in [0.15, 0.2) is 36.9 Å². The number of carbonyl (C=O) groups is 1. The summed E-state index contributed by atoms with van der Waals surface area (Å²) in [6, 6.07) is 7.42. The minimum absolute atomic E-state index is 0.247. The summed E-state index contributed by atoms with van der Waals surface area (Å²) in [7, 11) is 0. The van der Waals surface area contributed by atoms with E-state index in [-0.39, 0.29) is 5.97 Å². The summed E-state index contributed by atoms with van der Waals surface area (Å²) in [5.41, 5.74) is 0.228. The van der Waals surface area contributed by atoms with E-state index in [1.165, 1.54) is 0 Å². The van der Waals surface area contributed by atoms with Gasteiger partial charge in [0.2, 0.25) is 0 Å². The number of benzene rings is 1. The van der Waals surface area contributed by atoms with Crippen LogP contribution in [0.5, 0.6) is 5.75 Å². The fourth-order valence-corrected chi connectivity index (χ4v) is 1.49. The van der Waals surface area contributed by atoms with Crippen LogP contribution in [0.3, 0.4) is 0 Å². The molecule has 13 heavy (non-hydrogen) atoms.